The minimum absolute atomic E-state index is 0.0634. The second-order valence-electron chi connectivity index (χ2n) is 2.59. The van der Waals surface area contributed by atoms with Crippen LogP contribution < -0.4 is 10.5 Å². The molecular formula is C9H11ClFNO. The number of nitrogens with two attached hydrogens (primary N) is 1. The Balaban J connectivity index is 2.98. The van der Waals surface area contributed by atoms with Gasteiger partial charge in [-0.1, -0.05) is 17.7 Å². The van der Waals surface area contributed by atoms with E-state index in [1.807, 2.05) is 0 Å². The Morgan fingerprint density at radius 2 is 2.31 bits per heavy atom. The van der Waals surface area contributed by atoms with E-state index in [0.29, 0.717) is 16.3 Å². The van der Waals surface area contributed by atoms with E-state index in [1.54, 1.807) is 18.2 Å². The van der Waals surface area contributed by atoms with Gasteiger partial charge >= 0.3 is 0 Å². The lowest BCUT2D eigenvalue weighted by molar-refractivity contribution is 0.352. The van der Waals surface area contributed by atoms with E-state index in [9.17, 15) is 4.39 Å². The van der Waals surface area contributed by atoms with Crippen LogP contribution in [0.3, 0.4) is 0 Å². The highest BCUT2D eigenvalue weighted by Crippen LogP contribution is 2.28. The van der Waals surface area contributed by atoms with Crippen LogP contribution in [0.2, 0.25) is 5.02 Å². The number of halogens is 2. The molecule has 2 N–H and O–H groups in total. The molecule has 2 nitrogen and oxygen atoms in total. The summed E-state index contributed by atoms with van der Waals surface area (Å²) in [5.74, 6) is 0.609. The van der Waals surface area contributed by atoms with E-state index in [2.05, 4.69) is 0 Å². The molecule has 1 unspecified atom stereocenters. The maximum Gasteiger partial charge on any atom is 0.139 e. The third kappa shape index (κ3) is 2.32. The van der Waals surface area contributed by atoms with Gasteiger partial charge in [-0.2, -0.15) is 0 Å². The van der Waals surface area contributed by atoms with Gasteiger partial charge in [0.2, 0.25) is 0 Å². The van der Waals surface area contributed by atoms with Crippen LogP contribution in [0.4, 0.5) is 4.39 Å². The van der Waals surface area contributed by atoms with E-state index in [1.165, 1.54) is 7.11 Å². The Kier molecular flexibility index (Phi) is 3.51. The fourth-order valence-electron chi connectivity index (χ4n) is 1.02. The number of ether oxygens (including phenoxy) is 1. The summed E-state index contributed by atoms with van der Waals surface area (Å²) >= 11 is 5.81. The van der Waals surface area contributed by atoms with Crippen molar-refractivity contribution >= 4 is 11.6 Å². The first-order valence-corrected chi connectivity index (χ1v) is 4.24. The second-order valence-corrected chi connectivity index (χ2v) is 3.00. The minimum atomic E-state index is -1.21. The summed E-state index contributed by atoms with van der Waals surface area (Å²) in [4.78, 5) is 0. The molecule has 1 aromatic rings. The monoisotopic (exact) mass is 203 g/mol. The molecule has 0 aliphatic carbocycles. The second kappa shape index (κ2) is 4.44. The molecule has 1 aromatic carbocycles. The lowest BCUT2D eigenvalue weighted by atomic mass is 10.1. The number of methoxy groups -OCH3 is 1. The number of benzene rings is 1. The van der Waals surface area contributed by atoms with Crippen molar-refractivity contribution in [2.75, 3.05) is 13.7 Å². The summed E-state index contributed by atoms with van der Waals surface area (Å²) in [6.07, 6.45) is -1.21. The highest BCUT2D eigenvalue weighted by atomic mass is 35.5. The Hall–Kier alpha value is -0.800. The first-order valence-electron chi connectivity index (χ1n) is 3.86. The van der Waals surface area contributed by atoms with Gasteiger partial charge in [0.15, 0.2) is 0 Å². The van der Waals surface area contributed by atoms with Gasteiger partial charge in [0, 0.05) is 12.1 Å². The van der Waals surface area contributed by atoms with Gasteiger partial charge in [-0.15, -0.1) is 0 Å². The van der Waals surface area contributed by atoms with Crippen molar-refractivity contribution in [3.63, 3.8) is 0 Å². The van der Waals surface area contributed by atoms with Crippen molar-refractivity contribution in [3.8, 4) is 5.75 Å². The van der Waals surface area contributed by atoms with E-state index in [-0.39, 0.29) is 6.54 Å². The Bertz CT molecular complexity index is 293. The van der Waals surface area contributed by atoms with Crippen LogP contribution in [0.1, 0.15) is 11.7 Å². The Labute approximate surface area is 81.4 Å². The molecule has 0 bridgehead atoms. The molecule has 0 heterocycles. The van der Waals surface area contributed by atoms with Gasteiger partial charge < -0.3 is 10.5 Å². The third-order valence-corrected chi connectivity index (χ3v) is 2.08. The molecule has 0 aliphatic rings. The van der Waals surface area contributed by atoms with Crippen LogP contribution in [-0.4, -0.2) is 13.7 Å². The molecule has 0 spiro atoms. The van der Waals surface area contributed by atoms with Crippen molar-refractivity contribution in [2.45, 2.75) is 6.17 Å². The first kappa shape index (κ1) is 10.3. The van der Waals surface area contributed by atoms with E-state index in [4.69, 9.17) is 22.1 Å². The van der Waals surface area contributed by atoms with Gasteiger partial charge in [0.25, 0.3) is 0 Å². The molecule has 0 fully saturated rings. The molecule has 13 heavy (non-hydrogen) atoms. The summed E-state index contributed by atoms with van der Waals surface area (Å²) in [5, 5.41) is 0.345. The molecular weight excluding hydrogens is 193 g/mol. The van der Waals surface area contributed by atoms with Crippen LogP contribution in [0.15, 0.2) is 18.2 Å². The summed E-state index contributed by atoms with van der Waals surface area (Å²) in [5.41, 5.74) is 5.59. The molecule has 0 aliphatic heterocycles. The molecule has 0 saturated carbocycles. The number of alkyl halides is 1. The quantitative estimate of drug-likeness (QED) is 0.819. The summed E-state index contributed by atoms with van der Waals surface area (Å²) in [7, 11) is 1.53. The zero-order chi connectivity index (χ0) is 9.84. The van der Waals surface area contributed by atoms with Crippen LogP contribution in [0.25, 0.3) is 0 Å². The third-order valence-electron chi connectivity index (χ3n) is 1.75. The topological polar surface area (TPSA) is 35.2 Å². The SMILES string of the molecule is COc1ccc(C(F)CN)c(Cl)c1. The molecule has 72 valence electrons. The van der Waals surface area contributed by atoms with Crippen molar-refractivity contribution < 1.29 is 9.13 Å². The average Bonchev–Trinajstić information content (AvgIpc) is 2.16. The zero-order valence-electron chi connectivity index (χ0n) is 7.26. The van der Waals surface area contributed by atoms with Crippen molar-refractivity contribution in [1.82, 2.24) is 0 Å². The zero-order valence-corrected chi connectivity index (χ0v) is 8.01. The average molecular weight is 204 g/mol. The lowest BCUT2D eigenvalue weighted by Crippen LogP contribution is -2.08. The summed E-state index contributed by atoms with van der Waals surface area (Å²) < 4.78 is 18.0. The molecule has 0 aromatic heterocycles. The molecule has 0 saturated heterocycles. The fourth-order valence-corrected chi connectivity index (χ4v) is 1.30. The highest BCUT2D eigenvalue weighted by Gasteiger charge is 2.11. The van der Waals surface area contributed by atoms with Crippen LogP contribution in [0.5, 0.6) is 5.75 Å². The van der Waals surface area contributed by atoms with Gasteiger partial charge in [0.05, 0.1) is 12.1 Å². The number of hydrogen-bond donors (Lipinski definition) is 1. The predicted octanol–water partition coefficient (Wildman–Crippen LogP) is 2.32. The standard InChI is InChI=1S/C9H11ClFNO/c1-13-6-2-3-7(8(10)4-6)9(11)5-12/h2-4,9H,5,12H2,1H3. The lowest BCUT2D eigenvalue weighted by Gasteiger charge is -2.08. The van der Waals surface area contributed by atoms with Crippen molar-refractivity contribution in [3.05, 3.63) is 28.8 Å². The van der Waals surface area contributed by atoms with E-state index < -0.39 is 6.17 Å². The summed E-state index contributed by atoms with van der Waals surface area (Å²) in [6, 6.07) is 4.81. The molecule has 4 heteroatoms. The maximum atomic E-state index is 13.1. The largest absolute Gasteiger partial charge is 0.497 e. The Morgan fingerprint density at radius 3 is 2.77 bits per heavy atom. The normalized spacial score (nSPS) is 12.6. The molecule has 0 amide bonds. The van der Waals surface area contributed by atoms with Crippen LogP contribution in [0, 0.1) is 0 Å². The van der Waals surface area contributed by atoms with E-state index in [0.717, 1.165) is 0 Å². The smallest absolute Gasteiger partial charge is 0.139 e. The highest BCUT2D eigenvalue weighted by molar-refractivity contribution is 6.31. The van der Waals surface area contributed by atoms with Gasteiger partial charge in [-0.3, -0.25) is 0 Å². The number of hydrogen-bond acceptors (Lipinski definition) is 2. The van der Waals surface area contributed by atoms with Crippen molar-refractivity contribution in [2.24, 2.45) is 5.73 Å². The number of rotatable bonds is 3. The van der Waals surface area contributed by atoms with Gasteiger partial charge in [-0.25, -0.2) is 4.39 Å². The molecule has 1 rings (SSSR count). The summed E-state index contributed by atoms with van der Waals surface area (Å²) in [6.45, 7) is -0.0634. The molecule has 1 atom stereocenters. The van der Waals surface area contributed by atoms with Crippen LogP contribution >= 0.6 is 11.6 Å². The minimum Gasteiger partial charge on any atom is -0.497 e. The maximum absolute atomic E-state index is 13.1. The fraction of sp³-hybridized carbons (Fsp3) is 0.333. The van der Waals surface area contributed by atoms with Gasteiger partial charge in [0.1, 0.15) is 11.9 Å². The van der Waals surface area contributed by atoms with Crippen molar-refractivity contribution in [1.29, 1.82) is 0 Å². The van der Waals surface area contributed by atoms with Gasteiger partial charge in [-0.05, 0) is 12.1 Å². The Morgan fingerprint density at radius 1 is 1.62 bits per heavy atom. The molecule has 0 radical (unpaired) electrons. The van der Waals surface area contributed by atoms with Crippen LogP contribution in [-0.2, 0) is 0 Å². The predicted molar refractivity (Wildman–Crippen MR) is 50.9 cm³/mol. The van der Waals surface area contributed by atoms with E-state index >= 15 is 0 Å². The first-order chi connectivity index (χ1) is 6.19.